The number of nitrogens with one attached hydrogen (secondary N) is 2. The number of carbonyl (C=O) groups excluding carboxylic acids is 2. The first-order chi connectivity index (χ1) is 22.7. The summed E-state index contributed by atoms with van der Waals surface area (Å²) < 4.78 is 61.8. The Labute approximate surface area is 289 Å². The predicted octanol–water partition coefficient (Wildman–Crippen LogP) is -2.58. The number of amides is 2. The van der Waals surface area contributed by atoms with E-state index in [4.69, 9.17) is 19.5 Å². The Morgan fingerprint density at radius 2 is 1.80 bits per heavy atom. The van der Waals surface area contributed by atoms with Crippen molar-refractivity contribution < 1.29 is 75.7 Å². The third-order valence-corrected chi connectivity index (χ3v) is 13.0. The first-order valence-corrected chi connectivity index (χ1v) is 25.1. The molecule has 0 saturated carbocycles. The number of carbonyl (C=O) groups is 2. The van der Waals surface area contributed by atoms with Crippen molar-refractivity contribution in [1.29, 1.82) is 0 Å². The number of rotatable bonds is 19. The molecule has 1 aliphatic heterocycles. The summed E-state index contributed by atoms with van der Waals surface area (Å²) in [6.45, 7) is 0.970. The number of imidazole rings is 1. The molecular weight excluding hydrogens is 804 g/mol. The fraction of sp³-hybridized carbons (Fsp3) is 0.667. The monoisotopic (exact) mass is 843 g/mol. The number of nitrogens with zero attached hydrogens (tertiary/aromatic N) is 4. The fourth-order valence-electron chi connectivity index (χ4n) is 4.23. The van der Waals surface area contributed by atoms with E-state index in [9.17, 15) is 53.1 Å². The van der Waals surface area contributed by atoms with E-state index >= 15 is 0 Å². The number of aromatic nitrogens is 4. The number of hydrogen-bond donors (Lipinski definition) is 9. The molecule has 0 radical (unpaired) electrons. The molecule has 0 spiro atoms. The van der Waals surface area contributed by atoms with Crippen LogP contribution in [0.15, 0.2) is 12.7 Å². The van der Waals surface area contributed by atoms with Crippen LogP contribution < -0.4 is 16.4 Å². The average Bonchev–Trinajstić information content (AvgIpc) is 3.55. The maximum absolute atomic E-state index is 12.6. The number of anilines is 1. The van der Waals surface area contributed by atoms with Gasteiger partial charge in [0.25, 0.3) is 0 Å². The van der Waals surface area contributed by atoms with Gasteiger partial charge in [0.05, 0.1) is 12.9 Å². The van der Waals surface area contributed by atoms with Crippen LogP contribution in [0.5, 0.6) is 0 Å². The number of aliphatic hydroxyl groups is 2. The summed E-state index contributed by atoms with van der Waals surface area (Å²) in [6.07, 6.45) is -6.66. The first kappa shape index (κ1) is 41.9. The number of nitrogens with two attached hydrogens (primary N) is 1. The molecule has 3 rings (SSSR count). The van der Waals surface area contributed by atoms with Gasteiger partial charge in [-0.1, -0.05) is 0 Å². The molecule has 1 saturated heterocycles. The van der Waals surface area contributed by atoms with Gasteiger partial charge in [-0.25, -0.2) is 28.6 Å². The third-order valence-electron chi connectivity index (χ3n) is 6.71. The molecule has 0 aliphatic carbocycles. The molecule has 2 aromatic heterocycles. The molecule has 7 atom stereocenters. The van der Waals surface area contributed by atoms with Crippen molar-refractivity contribution in [2.24, 2.45) is 5.41 Å². The maximum atomic E-state index is 12.6. The Balaban J connectivity index is 1.59. The topological polar surface area (TPSA) is 347 Å². The summed E-state index contributed by atoms with van der Waals surface area (Å²) >= 11 is 0.601. The van der Waals surface area contributed by atoms with E-state index in [1.807, 2.05) is 0 Å². The van der Waals surface area contributed by atoms with Gasteiger partial charge in [-0.15, -0.1) is 0 Å². The molecule has 10 N–H and O–H groups in total. The second-order valence-electron chi connectivity index (χ2n) is 11.1. The number of hydrogen-bond acceptors (Lipinski definition) is 17. The van der Waals surface area contributed by atoms with Crippen LogP contribution in [0.25, 0.3) is 11.2 Å². The quantitative estimate of drug-likeness (QED) is 0.0398. The normalized spacial score (nSPS) is 23.2. The molecule has 0 aromatic carbocycles. The van der Waals surface area contributed by atoms with E-state index in [1.54, 1.807) is 10.1 Å². The summed E-state index contributed by atoms with van der Waals surface area (Å²) in [5, 5.41) is 26.3. The van der Waals surface area contributed by atoms with Gasteiger partial charge in [0.1, 0.15) is 30.2 Å². The van der Waals surface area contributed by atoms with Crippen molar-refractivity contribution >= 4 is 77.7 Å². The number of phosphoric acid groups is 3. The number of fused-ring (bicyclic) bond motifs is 1. The second-order valence-corrected chi connectivity index (χ2v) is 19.9. The van der Waals surface area contributed by atoms with Gasteiger partial charge in [-0.3, -0.25) is 18.1 Å². The number of nitrogen functional groups attached to an aromatic ring is 1. The molecule has 2 unspecified atom stereocenters. The first-order valence-electron chi connectivity index (χ1n) is 14.0. The van der Waals surface area contributed by atoms with Crippen LogP contribution in [-0.2, 0) is 45.9 Å². The van der Waals surface area contributed by atoms with Crippen molar-refractivity contribution in [2.75, 3.05) is 37.8 Å². The van der Waals surface area contributed by atoms with Crippen LogP contribution >= 0.6 is 33.6 Å². The Morgan fingerprint density at radius 1 is 1.12 bits per heavy atom. The minimum atomic E-state index is -5.53. The SMILES string of the molecule is CC(C)(COP(=O)(O)OP(=O)(O)OC[C@H]1O[C@@H](n2cnc3c(N)ncnc32)[C@H](O)[C@@H]1OP(=O)(O)O)[C@@H](O)C(=O)NCCC(=O)NCC[S][GeH3]. The van der Waals surface area contributed by atoms with Crippen molar-refractivity contribution in [3.05, 3.63) is 12.7 Å². The zero-order chi connectivity index (χ0) is 36.8. The summed E-state index contributed by atoms with van der Waals surface area (Å²) in [4.78, 5) is 74.9. The van der Waals surface area contributed by atoms with Gasteiger partial charge >= 0.3 is 143 Å². The predicted molar refractivity (Wildman–Crippen MR) is 172 cm³/mol. The molecular formula is C21H38GeN7O16P3S. The van der Waals surface area contributed by atoms with Crippen LogP contribution in [0, 0.1) is 5.41 Å². The Hall–Kier alpha value is -1.57. The van der Waals surface area contributed by atoms with Gasteiger partial charge in [-0.2, -0.15) is 4.31 Å². The second kappa shape index (κ2) is 17.3. The van der Waals surface area contributed by atoms with Crippen LogP contribution in [0.4, 0.5) is 5.82 Å². The van der Waals surface area contributed by atoms with Crippen molar-refractivity contribution in [1.82, 2.24) is 30.2 Å². The summed E-state index contributed by atoms with van der Waals surface area (Å²) in [5.41, 5.74) is 4.32. The summed E-state index contributed by atoms with van der Waals surface area (Å²) in [6, 6.07) is 0. The van der Waals surface area contributed by atoms with E-state index in [1.165, 1.54) is 13.8 Å². The molecule has 1 fully saturated rings. The van der Waals surface area contributed by atoms with Gasteiger partial charge in [0.15, 0.2) is 17.7 Å². The third kappa shape index (κ3) is 12.3. The van der Waals surface area contributed by atoms with E-state index in [-0.39, 0.29) is 35.9 Å². The number of aliphatic hydroxyl groups excluding tert-OH is 2. The zero-order valence-electron chi connectivity index (χ0n) is 26.2. The van der Waals surface area contributed by atoms with E-state index < -0.39 is 78.6 Å². The van der Waals surface area contributed by atoms with E-state index in [0.29, 0.717) is 21.9 Å². The molecule has 0 bridgehead atoms. The Bertz CT molecular complexity index is 1620. The molecule has 2 amide bonds. The van der Waals surface area contributed by atoms with Crippen LogP contribution in [-0.4, -0.2) is 133 Å². The van der Waals surface area contributed by atoms with E-state index in [0.717, 1.165) is 23.0 Å². The van der Waals surface area contributed by atoms with E-state index in [2.05, 4.69) is 34.4 Å². The van der Waals surface area contributed by atoms with Gasteiger partial charge < -0.3 is 35.2 Å². The van der Waals surface area contributed by atoms with Gasteiger partial charge in [-0.05, 0) is 0 Å². The Kier molecular flexibility index (Phi) is 14.8. The Morgan fingerprint density at radius 3 is 2.45 bits per heavy atom. The molecule has 1 aliphatic rings. The van der Waals surface area contributed by atoms with Crippen LogP contribution in [0.3, 0.4) is 0 Å². The zero-order valence-corrected chi connectivity index (χ0v) is 33.9. The fourth-order valence-corrected chi connectivity index (χ4v) is 8.65. The summed E-state index contributed by atoms with van der Waals surface area (Å²) in [5.74, 6) is -0.477. The molecule has 278 valence electrons. The van der Waals surface area contributed by atoms with Gasteiger partial charge in [0.2, 0.25) is 0 Å². The molecule has 3 heterocycles. The average molecular weight is 842 g/mol. The molecule has 49 heavy (non-hydrogen) atoms. The molecule has 23 nitrogen and oxygen atoms in total. The van der Waals surface area contributed by atoms with Crippen molar-refractivity contribution in [2.45, 2.75) is 50.9 Å². The molecule has 28 heteroatoms. The summed E-state index contributed by atoms with van der Waals surface area (Å²) in [7, 11) is -14.6. The van der Waals surface area contributed by atoms with Gasteiger partial charge in [0, 0.05) is 0 Å². The van der Waals surface area contributed by atoms with Crippen LogP contribution in [0.2, 0.25) is 0 Å². The number of ether oxygens (including phenoxy) is 1. The minimum absolute atomic E-state index is 0.0334. The van der Waals surface area contributed by atoms with Crippen molar-refractivity contribution in [3.8, 4) is 0 Å². The molecule has 2 aromatic rings. The van der Waals surface area contributed by atoms with Crippen LogP contribution in [0.1, 0.15) is 26.5 Å². The number of phosphoric ester groups is 3. The standard InChI is InChI=1S/C21H38GeN7O16P3S/c1-21(2,16(32)19(33)25-4-3-12(30)24-5-6-49-22)8-42-48(39,40)45-47(37,38)41-7-11-15(44-46(34,35)36)14(31)20(43-11)29-10-28-13-17(23)26-9-27-18(13)29/h9-11,14-16,20,31-32H,3-8H2,1-2,22H3,(H,24,30)(H,25,33)(H,37,38)(H,39,40)(H2,23,26,27)(H2,34,35,36)/t11-,14-,15-,16+,20-/m1/s1. The van der Waals surface area contributed by atoms with Crippen molar-refractivity contribution in [3.63, 3.8) is 0 Å².